The first-order chi connectivity index (χ1) is 8.34. The average Bonchev–Trinajstić information content (AvgIpc) is 2.30. The fourth-order valence-corrected chi connectivity index (χ4v) is 2.04. The van der Waals surface area contributed by atoms with Crippen LogP contribution in [0.2, 0.25) is 0 Å². The van der Waals surface area contributed by atoms with E-state index in [0.717, 1.165) is 24.8 Å². The molecule has 0 unspecified atom stereocenters. The van der Waals surface area contributed by atoms with Crippen LogP contribution < -0.4 is 0 Å². The number of carbonyl (C=O) groups excluding carboxylic acids is 1. The van der Waals surface area contributed by atoms with Gasteiger partial charge in [0.15, 0.2) is 0 Å². The Balaban J connectivity index is 2.57. The molecule has 17 heavy (non-hydrogen) atoms. The predicted octanol–water partition coefficient (Wildman–Crippen LogP) is 4.17. The summed E-state index contributed by atoms with van der Waals surface area (Å²) < 4.78 is 5.06. The Labute approximate surface area is 105 Å². The van der Waals surface area contributed by atoms with Crippen LogP contribution in [0.1, 0.15) is 58.3 Å². The van der Waals surface area contributed by atoms with Crippen molar-refractivity contribution in [1.29, 1.82) is 0 Å². The average molecular weight is 236 g/mol. The number of hydrogen-bond acceptors (Lipinski definition) is 2. The SMILES string of the molecule is CCOC(=O)/C1=C/C=C/CCCCCCCC1. The second-order valence-corrected chi connectivity index (χ2v) is 4.50. The van der Waals surface area contributed by atoms with E-state index < -0.39 is 0 Å². The van der Waals surface area contributed by atoms with Crippen molar-refractivity contribution in [3.63, 3.8) is 0 Å². The molecular formula is C15H24O2. The first kappa shape index (κ1) is 14.0. The van der Waals surface area contributed by atoms with E-state index in [0.29, 0.717) is 6.61 Å². The van der Waals surface area contributed by atoms with Crippen molar-refractivity contribution < 1.29 is 9.53 Å². The third-order valence-electron chi connectivity index (χ3n) is 3.04. The lowest BCUT2D eigenvalue weighted by Gasteiger charge is -2.07. The molecule has 0 aromatic rings. The molecule has 0 bridgehead atoms. The summed E-state index contributed by atoms with van der Waals surface area (Å²) in [5.41, 5.74) is 0.823. The number of rotatable bonds is 2. The Kier molecular flexibility index (Phi) is 7.44. The van der Waals surface area contributed by atoms with Gasteiger partial charge in [0.1, 0.15) is 0 Å². The topological polar surface area (TPSA) is 26.3 Å². The molecule has 0 amide bonds. The number of esters is 1. The fraction of sp³-hybridized carbons (Fsp3) is 0.667. The predicted molar refractivity (Wildman–Crippen MR) is 70.8 cm³/mol. The van der Waals surface area contributed by atoms with Crippen LogP contribution in [0.3, 0.4) is 0 Å². The Hall–Kier alpha value is -1.05. The van der Waals surface area contributed by atoms with Gasteiger partial charge in [0.25, 0.3) is 0 Å². The van der Waals surface area contributed by atoms with Crippen LogP contribution in [-0.2, 0) is 9.53 Å². The standard InChI is InChI=1S/C15H24O2/c1-2-17-15(16)14-12-10-8-6-4-3-5-7-9-11-13-14/h8,10,12H,2-7,9,11,13H2,1H3/b10-8+,14-12+. The lowest BCUT2D eigenvalue weighted by molar-refractivity contribution is -0.138. The summed E-state index contributed by atoms with van der Waals surface area (Å²) in [5, 5.41) is 0. The molecule has 0 atom stereocenters. The molecule has 1 aliphatic rings. The molecule has 0 aliphatic heterocycles. The molecule has 0 fully saturated rings. The van der Waals surface area contributed by atoms with Crippen LogP contribution in [0.4, 0.5) is 0 Å². The van der Waals surface area contributed by atoms with E-state index in [1.165, 1.54) is 32.1 Å². The fourth-order valence-electron chi connectivity index (χ4n) is 2.04. The minimum Gasteiger partial charge on any atom is -0.463 e. The van der Waals surface area contributed by atoms with Crippen molar-refractivity contribution >= 4 is 5.97 Å². The highest BCUT2D eigenvalue weighted by atomic mass is 16.5. The van der Waals surface area contributed by atoms with E-state index in [4.69, 9.17) is 4.74 Å². The Morgan fingerprint density at radius 1 is 1.18 bits per heavy atom. The monoisotopic (exact) mass is 236 g/mol. The van der Waals surface area contributed by atoms with Crippen molar-refractivity contribution in [2.24, 2.45) is 0 Å². The summed E-state index contributed by atoms with van der Waals surface area (Å²) in [6, 6.07) is 0. The second-order valence-electron chi connectivity index (χ2n) is 4.50. The highest BCUT2D eigenvalue weighted by Crippen LogP contribution is 2.15. The highest BCUT2D eigenvalue weighted by molar-refractivity contribution is 5.88. The van der Waals surface area contributed by atoms with Crippen molar-refractivity contribution in [3.8, 4) is 0 Å². The number of allylic oxidation sites excluding steroid dienone is 3. The zero-order valence-electron chi connectivity index (χ0n) is 10.9. The normalized spacial score (nSPS) is 23.7. The van der Waals surface area contributed by atoms with E-state index in [1.807, 2.05) is 19.1 Å². The summed E-state index contributed by atoms with van der Waals surface area (Å²) in [6.07, 6.45) is 15.6. The zero-order chi connectivity index (χ0) is 12.3. The maximum atomic E-state index is 11.7. The molecule has 96 valence electrons. The van der Waals surface area contributed by atoms with Gasteiger partial charge in [0.05, 0.1) is 6.61 Å². The largest absolute Gasteiger partial charge is 0.463 e. The summed E-state index contributed by atoms with van der Waals surface area (Å²) in [6.45, 7) is 2.31. The van der Waals surface area contributed by atoms with Crippen molar-refractivity contribution in [3.05, 3.63) is 23.8 Å². The van der Waals surface area contributed by atoms with Crippen LogP contribution in [0.25, 0.3) is 0 Å². The lowest BCUT2D eigenvalue weighted by atomic mass is 10.0. The van der Waals surface area contributed by atoms with Gasteiger partial charge in [-0.25, -0.2) is 4.79 Å². The molecule has 1 rings (SSSR count). The molecule has 2 heteroatoms. The molecule has 0 radical (unpaired) electrons. The second kappa shape index (κ2) is 9.03. The first-order valence-corrected chi connectivity index (χ1v) is 6.87. The summed E-state index contributed by atoms with van der Waals surface area (Å²) in [7, 11) is 0. The quantitative estimate of drug-likeness (QED) is 0.673. The third-order valence-corrected chi connectivity index (χ3v) is 3.04. The van der Waals surface area contributed by atoms with E-state index in [-0.39, 0.29) is 5.97 Å². The van der Waals surface area contributed by atoms with Gasteiger partial charge in [0.2, 0.25) is 0 Å². The van der Waals surface area contributed by atoms with Gasteiger partial charge < -0.3 is 4.74 Å². The maximum Gasteiger partial charge on any atom is 0.333 e. The zero-order valence-corrected chi connectivity index (χ0v) is 10.9. The van der Waals surface area contributed by atoms with Gasteiger partial charge in [-0.2, -0.15) is 0 Å². The van der Waals surface area contributed by atoms with Crippen molar-refractivity contribution in [2.75, 3.05) is 6.61 Å². The summed E-state index contributed by atoms with van der Waals surface area (Å²) in [4.78, 5) is 11.7. The molecule has 0 aromatic heterocycles. The van der Waals surface area contributed by atoms with Crippen molar-refractivity contribution in [1.82, 2.24) is 0 Å². The number of ether oxygens (including phenoxy) is 1. The molecule has 1 aliphatic carbocycles. The highest BCUT2D eigenvalue weighted by Gasteiger charge is 2.09. The molecule has 0 heterocycles. The number of carbonyl (C=O) groups is 1. The molecule has 0 saturated carbocycles. The van der Waals surface area contributed by atoms with Crippen LogP contribution in [0, 0.1) is 0 Å². The Morgan fingerprint density at radius 2 is 1.88 bits per heavy atom. The van der Waals surface area contributed by atoms with E-state index in [2.05, 4.69) is 6.08 Å². The lowest BCUT2D eigenvalue weighted by Crippen LogP contribution is -2.07. The smallest absolute Gasteiger partial charge is 0.333 e. The molecule has 0 N–H and O–H groups in total. The minimum atomic E-state index is -0.144. The number of hydrogen-bond donors (Lipinski definition) is 0. The van der Waals surface area contributed by atoms with Gasteiger partial charge in [-0.05, 0) is 32.6 Å². The van der Waals surface area contributed by atoms with Crippen molar-refractivity contribution in [2.45, 2.75) is 58.3 Å². The van der Waals surface area contributed by atoms with E-state index in [9.17, 15) is 4.79 Å². The van der Waals surface area contributed by atoms with Gasteiger partial charge in [-0.1, -0.05) is 43.9 Å². The molecule has 2 nitrogen and oxygen atoms in total. The van der Waals surface area contributed by atoms with Crippen LogP contribution in [0.5, 0.6) is 0 Å². The maximum absolute atomic E-state index is 11.7. The van der Waals surface area contributed by atoms with Gasteiger partial charge in [-0.15, -0.1) is 0 Å². The Morgan fingerprint density at radius 3 is 2.65 bits per heavy atom. The molecule has 0 aromatic carbocycles. The van der Waals surface area contributed by atoms with E-state index >= 15 is 0 Å². The minimum absolute atomic E-state index is 0.144. The summed E-state index contributed by atoms with van der Waals surface area (Å²) >= 11 is 0. The van der Waals surface area contributed by atoms with Crippen LogP contribution in [-0.4, -0.2) is 12.6 Å². The third kappa shape index (κ3) is 6.30. The molecule has 0 spiro atoms. The van der Waals surface area contributed by atoms with Crippen LogP contribution >= 0.6 is 0 Å². The van der Waals surface area contributed by atoms with Gasteiger partial charge >= 0.3 is 5.97 Å². The Bertz CT molecular complexity index is 277. The summed E-state index contributed by atoms with van der Waals surface area (Å²) in [5.74, 6) is -0.144. The van der Waals surface area contributed by atoms with Gasteiger partial charge in [-0.3, -0.25) is 0 Å². The van der Waals surface area contributed by atoms with Crippen LogP contribution in [0.15, 0.2) is 23.8 Å². The molecule has 0 saturated heterocycles. The van der Waals surface area contributed by atoms with E-state index in [1.54, 1.807) is 0 Å². The first-order valence-electron chi connectivity index (χ1n) is 6.87. The van der Waals surface area contributed by atoms with Gasteiger partial charge in [0, 0.05) is 5.57 Å². The molecular weight excluding hydrogens is 212 g/mol.